The fraction of sp³-hybridized carbons (Fsp3) is 0.500. The Labute approximate surface area is 105 Å². The monoisotopic (exact) mass is 284 g/mol. The van der Waals surface area contributed by atoms with Crippen LogP contribution in [0.4, 0.5) is 0 Å². The summed E-state index contributed by atoms with van der Waals surface area (Å²) in [6.45, 7) is 0.640. The molecule has 1 heterocycles. The highest BCUT2D eigenvalue weighted by Gasteiger charge is 2.08. The number of carbonyl (C=O) groups excluding carboxylic acids is 1. The Morgan fingerprint density at radius 1 is 1.50 bits per heavy atom. The summed E-state index contributed by atoms with van der Waals surface area (Å²) in [7, 11) is 1.84. The van der Waals surface area contributed by atoms with Crippen molar-refractivity contribution in [2.24, 2.45) is 0 Å². The van der Waals surface area contributed by atoms with Crippen LogP contribution in [0.3, 0.4) is 0 Å². The van der Waals surface area contributed by atoms with Crippen LogP contribution in [-0.2, 0) is 11.3 Å². The maximum Gasteiger partial charge on any atom is 0.222 e. The van der Waals surface area contributed by atoms with Crippen LogP contribution in [0.1, 0.15) is 24.8 Å². The van der Waals surface area contributed by atoms with Gasteiger partial charge in [-0.15, -0.1) is 0 Å². The first kappa shape index (κ1) is 13.2. The zero-order valence-corrected chi connectivity index (χ0v) is 11.1. The molecule has 1 amide bonds. The second-order valence-electron chi connectivity index (χ2n) is 3.76. The number of rotatable bonds is 6. The number of halogens is 1. The molecule has 0 unspecified atom stereocenters. The Bertz CT molecular complexity index is 316. The molecule has 0 fully saturated rings. The minimum Gasteiger partial charge on any atom is -0.341 e. The molecule has 0 N–H and O–H groups in total. The van der Waals surface area contributed by atoms with Gasteiger partial charge in [0.05, 0.1) is 0 Å². The van der Waals surface area contributed by atoms with E-state index in [1.807, 2.05) is 19.2 Å². The summed E-state index contributed by atoms with van der Waals surface area (Å²) < 4.78 is 0. The molecule has 0 spiro atoms. The van der Waals surface area contributed by atoms with Gasteiger partial charge in [-0.05, 0) is 24.5 Å². The molecule has 0 bridgehead atoms. The van der Waals surface area contributed by atoms with Crippen molar-refractivity contribution in [3.05, 3.63) is 30.1 Å². The lowest BCUT2D eigenvalue weighted by atomic mass is 10.2. The van der Waals surface area contributed by atoms with Crippen LogP contribution < -0.4 is 0 Å². The third-order valence-corrected chi connectivity index (χ3v) is 2.90. The van der Waals surface area contributed by atoms with E-state index in [4.69, 9.17) is 0 Å². The van der Waals surface area contributed by atoms with Crippen LogP contribution >= 0.6 is 15.9 Å². The van der Waals surface area contributed by atoms with Crippen LogP contribution in [0.2, 0.25) is 0 Å². The second kappa shape index (κ2) is 7.39. The number of aromatic nitrogens is 1. The van der Waals surface area contributed by atoms with Crippen molar-refractivity contribution in [3.63, 3.8) is 0 Å². The Hall–Kier alpha value is -0.900. The van der Waals surface area contributed by atoms with Gasteiger partial charge in [0.2, 0.25) is 5.91 Å². The third kappa shape index (κ3) is 4.75. The van der Waals surface area contributed by atoms with Crippen molar-refractivity contribution in [2.45, 2.75) is 25.8 Å². The molecule has 1 rings (SSSR count). The maximum atomic E-state index is 11.7. The summed E-state index contributed by atoms with van der Waals surface area (Å²) in [5.74, 6) is 0.199. The minimum absolute atomic E-state index is 0.199. The normalized spacial score (nSPS) is 10.1. The predicted molar refractivity (Wildman–Crippen MR) is 68.4 cm³/mol. The van der Waals surface area contributed by atoms with Crippen LogP contribution in [0.25, 0.3) is 0 Å². The van der Waals surface area contributed by atoms with E-state index >= 15 is 0 Å². The number of amides is 1. The van der Waals surface area contributed by atoms with Gasteiger partial charge in [-0.25, -0.2) is 0 Å². The number of unbranched alkanes of at least 4 members (excludes halogenated alkanes) is 1. The number of carbonyl (C=O) groups is 1. The standard InChI is InChI=1S/C12H17BrN2O/c1-15(12(16)6-2-3-7-13)10-11-5-4-8-14-9-11/h4-5,8-9H,2-3,6-7,10H2,1H3. The first-order valence-corrected chi connectivity index (χ1v) is 6.55. The van der Waals surface area contributed by atoms with Gasteiger partial charge in [-0.2, -0.15) is 0 Å². The maximum absolute atomic E-state index is 11.7. The molecule has 88 valence electrons. The number of nitrogens with zero attached hydrogens (tertiary/aromatic N) is 2. The Morgan fingerprint density at radius 2 is 2.31 bits per heavy atom. The van der Waals surface area contributed by atoms with Crippen molar-refractivity contribution in [1.29, 1.82) is 0 Å². The molecule has 0 saturated carbocycles. The predicted octanol–water partition coefficient (Wildman–Crippen LogP) is 2.61. The van der Waals surface area contributed by atoms with Crippen molar-refractivity contribution in [3.8, 4) is 0 Å². The van der Waals surface area contributed by atoms with E-state index in [1.54, 1.807) is 17.3 Å². The van der Waals surface area contributed by atoms with Gasteiger partial charge in [0.1, 0.15) is 0 Å². The van der Waals surface area contributed by atoms with Gasteiger partial charge >= 0.3 is 0 Å². The first-order valence-electron chi connectivity index (χ1n) is 5.43. The van der Waals surface area contributed by atoms with Crippen LogP contribution in [0.15, 0.2) is 24.5 Å². The summed E-state index contributed by atoms with van der Waals surface area (Å²) in [5, 5.41) is 0.965. The lowest BCUT2D eigenvalue weighted by Gasteiger charge is -2.16. The Kier molecular flexibility index (Phi) is 6.08. The molecule has 0 saturated heterocycles. The molecular formula is C12H17BrN2O. The Morgan fingerprint density at radius 3 is 2.94 bits per heavy atom. The van der Waals surface area contributed by atoms with E-state index in [0.29, 0.717) is 13.0 Å². The molecule has 3 nitrogen and oxygen atoms in total. The van der Waals surface area contributed by atoms with E-state index in [1.165, 1.54) is 0 Å². The summed E-state index contributed by atoms with van der Waals surface area (Å²) in [6.07, 6.45) is 6.15. The highest BCUT2D eigenvalue weighted by molar-refractivity contribution is 9.09. The summed E-state index contributed by atoms with van der Waals surface area (Å²) in [5.41, 5.74) is 1.07. The van der Waals surface area contributed by atoms with Gasteiger partial charge in [0.15, 0.2) is 0 Å². The summed E-state index contributed by atoms with van der Waals surface area (Å²) in [4.78, 5) is 17.5. The zero-order chi connectivity index (χ0) is 11.8. The number of hydrogen-bond donors (Lipinski definition) is 0. The second-order valence-corrected chi connectivity index (χ2v) is 4.55. The molecule has 0 radical (unpaired) electrons. The number of hydrogen-bond acceptors (Lipinski definition) is 2. The van der Waals surface area contributed by atoms with E-state index in [9.17, 15) is 4.79 Å². The van der Waals surface area contributed by atoms with Crippen molar-refractivity contribution in [1.82, 2.24) is 9.88 Å². The molecule has 16 heavy (non-hydrogen) atoms. The van der Waals surface area contributed by atoms with Crippen LogP contribution in [0.5, 0.6) is 0 Å². The van der Waals surface area contributed by atoms with Crippen LogP contribution in [0, 0.1) is 0 Å². The van der Waals surface area contributed by atoms with E-state index in [-0.39, 0.29) is 5.91 Å². The van der Waals surface area contributed by atoms with Crippen molar-refractivity contribution in [2.75, 3.05) is 12.4 Å². The van der Waals surface area contributed by atoms with E-state index in [0.717, 1.165) is 23.7 Å². The van der Waals surface area contributed by atoms with Gasteiger partial charge in [0, 0.05) is 37.7 Å². The average Bonchev–Trinajstić information content (AvgIpc) is 2.30. The quantitative estimate of drug-likeness (QED) is 0.594. The molecule has 0 aliphatic heterocycles. The molecule has 0 atom stereocenters. The zero-order valence-electron chi connectivity index (χ0n) is 9.53. The Balaban J connectivity index is 2.34. The van der Waals surface area contributed by atoms with Gasteiger partial charge in [-0.3, -0.25) is 9.78 Å². The smallest absolute Gasteiger partial charge is 0.222 e. The van der Waals surface area contributed by atoms with Crippen molar-refractivity contribution < 1.29 is 4.79 Å². The SMILES string of the molecule is CN(Cc1cccnc1)C(=O)CCCCBr. The lowest BCUT2D eigenvalue weighted by molar-refractivity contribution is -0.130. The summed E-state index contributed by atoms with van der Waals surface area (Å²) in [6, 6.07) is 3.87. The third-order valence-electron chi connectivity index (χ3n) is 2.34. The molecule has 0 aromatic carbocycles. The minimum atomic E-state index is 0.199. The molecule has 0 aliphatic rings. The highest BCUT2D eigenvalue weighted by atomic mass is 79.9. The highest BCUT2D eigenvalue weighted by Crippen LogP contribution is 2.05. The largest absolute Gasteiger partial charge is 0.341 e. The molecule has 1 aromatic rings. The molecule has 0 aliphatic carbocycles. The van der Waals surface area contributed by atoms with Gasteiger partial charge < -0.3 is 4.90 Å². The number of pyridine rings is 1. The summed E-state index contributed by atoms with van der Waals surface area (Å²) >= 11 is 3.36. The van der Waals surface area contributed by atoms with E-state index < -0.39 is 0 Å². The molecular weight excluding hydrogens is 268 g/mol. The topological polar surface area (TPSA) is 33.2 Å². The molecule has 4 heteroatoms. The van der Waals surface area contributed by atoms with Crippen molar-refractivity contribution >= 4 is 21.8 Å². The molecule has 1 aromatic heterocycles. The lowest BCUT2D eigenvalue weighted by Crippen LogP contribution is -2.25. The number of alkyl halides is 1. The first-order chi connectivity index (χ1) is 7.74. The van der Waals surface area contributed by atoms with Gasteiger partial charge in [0.25, 0.3) is 0 Å². The fourth-order valence-corrected chi connectivity index (χ4v) is 1.81. The average molecular weight is 285 g/mol. The van der Waals surface area contributed by atoms with Gasteiger partial charge in [-0.1, -0.05) is 22.0 Å². The van der Waals surface area contributed by atoms with Crippen LogP contribution in [-0.4, -0.2) is 28.2 Å². The van der Waals surface area contributed by atoms with E-state index in [2.05, 4.69) is 20.9 Å². The fourth-order valence-electron chi connectivity index (χ4n) is 1.42.